The fourth-order valence-electron chi connectivity index (χ4n) is 2.48. The third kappa shape index (κ3) is 3.23. The van der Waals surface area contributed by atoms with Gasteiger partial charge in [-0.05, 0) is 17.0 Å². The first-order valence-electron chi connectivity index (χ1n) is 7.26. The summed E-state index contributed by atoms with van der Waals surface area (Å²) in [5, 5.41) is 2.34. The molecule has 0 heterocycles. The molecule has 0 spiro atoms. The molecule has 2 nitrogen and oxygen atoms in total. The van der Waals surface area contributed by atoms with Crippen LogP contribution in [0.25, 0.3) is 10.8 Å². The van der Waals surface area contributed by atoms with Crippen LogP contribution >= 0.6 is 0 Å². The summed E-state index contributed by atoms with van der Waals surface area (Å²) in [5.41, 5.74) is 7.34. The third-order valence-corrected chi connectivity index (χ3v) is 3.66. The molecule has 0 saturated carbocycles. The van der Waals surface area contributed by atoms with Crippen LogP contribution in [0.3, 0.4) is 0 Å². The highest BCUT2D eigenvalue weighted by atomic mass is 16.5. The molecular formula is C19H19NO. The van der Waals surface area contributed by atoms with Crippen LogP contribution in [0.4, 0.5) is 0 Å². The lowest BCUT2D eigenvalue weighted by atomic mass is 10.1. The van der Waals surface area contributed by atoms with Gasteiger partial charge in [0.05, 0.1) is 6.61 Å². The summed E-state index contributed by atoms with van der Waals surface area (Å²) < 4.78 is 5.93. The van der Waals surface area contributed by atoms with E-state index in [9.17, 15) is 0 Å². The fraction of sp³-hybridized carbons (Fsp3) is 0.158. The van der Waals surface area contributed by atoms with Gasteiger partial charge in [0, 0.05) is 17.8 Å². The molecule has 21 heavy (non-hydrogen) atoms. The highest BCUT2D eigenvalue weighted by Crippen LogP contribution is 2.25. The minimum atomic E-state index is 0.0150. The van der Waals surface area contributed by atoms with Crippen molar-refractivity contribution in [2.45, 2.75) is 12.5 Å². The molecule has 1 atom stereocenters. The third-order valence-electron chi connectivity index (χ3n) is 3.66. The molecule has 0 saturated heterocycles. The van der Waals surface area contributed by atoms with Crippen LogP contribution < -0.4 is 10.5 Å². The highest BCUT2D eigenvalue weighted by molar-refractivity contribution is 5.88. The SMILES string of the molecule is N[C@@H](CCOc1cccc2ccccc12)c1ccccc1. The van der Waals surface area contributed by atoms with Gasteiger partial charge in [-0.3, -0.25) is 0 Å². The Morgan fingerprint density at radius 3 is 2.38 bits per heavy atom. The zero-order valence-electron chi connectivity index (χ0n) is 11.9. The smallest absolute Gasteiger partial charge is 0.127 e. The van der Waals surface area contributed by atoms with Gasteiger partial charge in [0.1, 0.15) is 5.75 Å². The lowest BCUT2D eigenvalue weighted by Gasteiger charge is -2.14. The van der Waals surface area contributed by atoms with Crippen LogP contribution in [-0.4, -0.2) is 6.61 Å². The lowest BCUT2D eigenvalue weighted by Crippen LogP contribution is -2.14. The number of hydrogen-bond acceptors (Lipinski definition) is 2. The Balaban J connectivity index is 1.65. The summed E-state index contributed by atoms with van der Waals surface area (Å²) in [7, 11) is 0. The normalized spacial score (nSPS) is 12.2. The predicted molar refractivity (Wildman–Crippen MR) is 87.4 cm³/mol. The van der Waals surface area contributed by atoms with Crippen molar-refractivity contribution >= 4 is 10.8 Å². The first-order chi connectivity index (χ1) is 10.3. The number of benzene rings is 3. The van der Waals surface area contributed by atoms with E-state index < -0.39 is 0 Å². The van der Waals surface area contributed by atoms with Crippen LogP contribution in [0.5, 0.6) is 5.75 Å². The zero-order valence-corrected chi connectivity index (χ0v) is 11.9. The van der Waals surface area contributed by atoms with E-state index in [1.807, 2.05) is 42.5 Å². The van der Waals surface area contributed by atoms with Gasteiger partial charge in [-0.1, -0.05) is 66.7 Å². The van der Waals surface area contributed by atoms with E-state index in [2.05, 4.69) is 30.3 Å². The largest absolute Gasteiger partial charge is 0.493 e. The Morgan fingerprint density at radius 2 is 1.52 bits per heavy atom. The minimum absolute atomic E-state index is 0.0150. The number of fused-ring (bicyclic) bond motifs is 1. The maximum Gasteiger partial charge on any atom is 0.127 e. The van der Waals surface area contributed by atoms with E-state index in [4.69, 9.17) is 10.5 Å². The number of ether oxygens (including phenoxy) is 1. The van der Waals surface area contributed by atoms with Crippen molar-refractivity contribution in [2.75, 3.05) is 6.61 Å². The minimum Gasteiger partial charge on any atom is -0.493 e. The molecule has 3 aromatic carbocycles. The Morgan fingerprint density at radius 1 is 0.810 bits per heavy atom. The first-order valence-corrected chi connectivity index (χ1v) is 7.26. The summed E-state index contributed by atoms with van der Waals surface area (Å²) in [6, 6.07) is 24.5. The van der Waals surface area contributed by atoms with Gasteiger partial charge < -0.3 is 10.5 Å². The Bertz CT molecular complexity index is 704. The van der Waals surface area contributed by atoms with Crippen molar-refractivity contribution < 1.29 is 4.74 Å². The Hall–Kier alpha value is -2.32. The molecule has 0 radical (unpaired) electrons. The average Bonchev–Trinajstić information content (AvgIpc) is 2.56. The highest BCUT2D eigenvalue weighted by Gasteiger charge is 2.06. The molecular weight excluding hydrogens is 258 g/mol. The summed E-state index contributed by atoms with van der Waals surface area (Å²) in [5.74, 6) is 0.924. The standard InChI is InChI=1S/C19H19NO/c20-18(16-8-2-1-3-9-16)13-14-21-19-12-6-10-15-7-4-5-11-17(15)19/h1-12,18H,13-14,20H2/t18-/m0/s1. The van der Waals surface area contributed by atoms with Crippen molar-refractivity contribution in [1.29, 1.82) is 0 Å². The second-order valence-electron chi connectivity index (χ2n) is 5.13. The maximum absolute atomic E-state index is 6.19. The molecule has 0 bridgehead atoms. The molecule has 0 aliphatic rings. The van der Waals surface area contributed by atoms with E-state index in [1.54, 1.807) is 0 Å². The van der Waals surface area contributed by atoms with E-state index in [1.165, 1.54) is 5.39 Å². The van der Waals surface area contributed by atoms with Crippen LogP contribution in [0.1, 0.15) is 18.0 Å². The van der Waals surface area contributed by atoms with Crippen LogP contribution in [0.2, 0.25) is 0 Å². The van der Waals surface area contributed by atoms with Crippen LogP contribution in [0, 0.1) is 0 Å². The van der Waals surface area contributed by atoms with Crippen molar-refractivity contribution in [3.8, 4) is 5.75 Å². The molecule has 0 fully saturated rings. The fourth-order valence-corrected chi connectivity index (χ4v) is 2.48. The molecule has 0 unspecified atom stereocenters. The molecule has 0 aliphatic heterocycles. The molecule has 3 aromatic rings. The monoisotopic (exact) mass is 277 g/mol. The number of hydrogen-bond donors (Lipinski definition) is 1. The van der Waals surface area contributed by atoms with E-state index in [0.29, 0.717) is 6.61 Å². The maximum atomic E-state index is 6.19. The van der Waals surface area contributed by atoms with Gasteiger partial charge in [-0.2, -0.15) is 0 Å². The van der Waals surface area contributed by atoms with E-state index in [-0.39, 0.29) is 6.04 Å². The van der Waals surface area contributed by atoms with Crippen molar-refractivity contribution in [1.82, 2.24) is 0 Å². The topological polar surface area (TPSA) is 35.2 Å². The lowest BCUT2D eigenvalue weighted by molar-refractivity contribution is 0.302. The van der Waals surface area contributed by atoms with Crippen molar-refractivity contribution in [2.24, 2.45) is 5.73 Å². The zero-order chi connectivity index (χ0) is 14.5. The molecule has 0 amide bonds. The molecule has 0 aromatic heterocycles. The number of nitrogens with two attached hydrogens (primary N) is 1. The van der Waals surface area contributed by atoms with Crippen molar-refractivity contribution in [3.63, 3.8) is 0 Å². The average molecular weight is 277 g/mol. The second-order valence-corrected chi connectivity index (χ2v) is 5.13. The van der Waals surface area contributed by atoms with Crippen LogP contribution in [0.15, 0.2) is 72.8 Å². The summed E-state index contributed by atoms with van der Waals surface area (Å²) in [6.45, 7) is 0.615. The Labute approximate surface area is 125 Å². The van der Waals surface area contributed by atoms with Crippen LogP contribution in [-0.2, 0) is 0 Å². The quantitative estimate of drug-likeness (QED) is 0.754. The Kier molecular flexibility index (Phi) is 4.17. The van der Waals surface area contributed by atoms with Gasteiger partial charge in [0.2, 0.25) is 0 Å². The van der Waals surface area contributed by atoms with Gasteiger partial charge in [-0.25, -0.2) is 0 Å². The summed E-state index contributed by atoms with van der Waals surface area (Å²) >= 11 is 0. The van der Waals surface area contributed by atoms with Gasteiger partial charge in [-0.15, -0.1) is 0 Å². The summed E-state index contributed by atoms with van der Waals surface area (Å²) in [4.78, 5) is 0. The predicted octanol–water partition coefficient (Wildman–Crippen LogP) is 4.31. The molecule has 0 aliphatic carbocycles. The first kappa shape index (κ1) is 13.7. The summed E-state index contributed by atoms with van der Waals surface area (Å²) in [6.07, 6.45) is 0.799. The molecule has 3 rings (SSSR count). The molecule has 106 valence electrons. The van der Waals surface area contributed by atoms with Gasteiger partial charge in [0.25, 0.3) is 0 Å². The van der Waals surface area contributed by atoms with E-state index >= 15 is 0 Å². The molecule has 2 heteroatoms. The van der Waals surface area contributed by atoms with Gasteiger partial charge >= 0.3 is 0 Å². The number of rotatable bonds is 5. The van der Waals surface area contributed by atoms with Gasteiger partial charge in [0.15, 0.2) is 0 Å². The van der Waals surface area contributed by atoms with E-state index in [0.717, 1.165) is 23.1 Å². The second kappa shape index (κ2) is 6.42. The molecule has 2 N–H and O–H groups in total. The van der Waals surface area contributed by atoms with Crippen molar-refractivity contribution in [3.05, 3.63) is 78.4 Å².